The Kier molecular flexibility index (Phi) is 4.11. The number of furan rings is 1. The molecular formula is C6H11ClN2O. The van der Waals surface area contributed by atoms with Crippen molar-refractivity contribution in [2.45, 2.75) is 6.04 Å². The van der Waals surface area contributed by atoms with Crippen LogP contribution in [0.25, 0.3) is 0 Å². The summed E-state index contributed by atoms with van der Waals surface area (Å²) in [7, 11) is 0. The zero-order valence-electron chi connectivity index (χ0n) is 5.49. The van der Waals surface area contributed by atoms with E-state index < -0.39 is 0 Å². The molecule has 0 amide bonds. The maximum Gasteiger partial charge on any atom is 0.0950 e. The first kappa shape index (κ1) is 9.49. The summed E-state index contributed by atoms with van der Waals surface area (Å²) in [5.41, 5.74) is 11.8. The van der Waals surface area contributed by atoms with Crippen LogP contribution in [-0.4, -0.2) is 6.54 Å². The SMILES string of the molecule is Cl.NC[C@H](N)c1ccoc1. The third-order valence-electron chi connectivity index (χ3n) is 1.23. The second-order valence-electron chi connectivity index (χ2n) is 1.90. The van der Waals surface area contributed by atoms with Crippen LogP contribution in [0.3, 0.4) is 0 Å². The van der Waals surface area contributed by atoms with Gasteiger partial charge in [0.25, 0.3) is 0 Å². The smallest absolute Gasteiger partial charge is 0.0950 e. The molecule has 1 rings (SSSR count). The van der Waals surface area contributed by atoms with Crippen molar-refractivity contribution in [3.63, 3.8) is 0 Å². The summed E-state index contributed by atoms with van der Waals surface area (Å²) in [5, 5.41) is 0. The largest absolute Gasteiger partial charge is 0.472 e. The highest BCUT2D eigenvalue weighted by molar-refractivity contribution is 5.85. The first-order valence-electron chi connectivity index (χ1n) is 2.82. The average molecular weight is 163 g/mol. The van der Waals surface area contributed by atoms with Gasteiger partial charge in [-0.05, 0) is 6.07 Å². The molecule has 0 saturated carbocycles. The quantitative estimate of drug-likeness (QED) is 0.672. The number of hydrogen-bond donors (Lipinski definition) is 2. The van der Waals surface area contributed by atoms with Crippen LogP contribution in [0.15, 0.2) is 23.0 Å². The Balaban J connectivity index is 0.000000810. The highest BCUT2D eigenvalue weighted by atomic mass is 35.5. The molecule has 0 unspecified atom stereocenters. The van der Waals surface area contributed by atoms with Gasteiger partial charge in [0.2, 0.25) is 0 Å². The van der Waals surface area contributed by atoms with Gasteiger partial charge in [-0.2, -0.15) is 0 Å². The van der Waals surface area contributed by atoms with Crippen molar-refractivity contribution in [1.29, 1.82) is 0 Å². The first-order valence-corrected chi connectivity index (χ1v) is 2.82. The van der Waals surface area contributed by atoms with Crippen LogP contribution < -0.4 is 11.5 Å². The number of rotatable bonds is 2. The molecule has 1 aromatic heterocycles. The second kappa shape index (κ2) is 4.33. The third-order valence-corrected chi connectivity index (χ3v) is 1.23. The van der Waals surface area contributed by atoms with Crippen molar-refractivity contribution in [3.05, 3.63) is 24.2 Å². The van der Waals surface area contributed by atoms with Crippen LogP contribution in [-0.2, 0) is 0 Å². The van der Waals surface area contributed by atoms with E-state index >= 15 is 0 Å². The van der Waals surface area contributed by atoms with Crippen LogP contribution in [0.5, 0.6) is 0 Å². The van der Waals surface area contributed by atoms with E-state index in [9.17, 15) is 0 Å². The van der Waals surface area contributed by atoms with Gasteiger partial charge in [-0.25, -0.2) is 0 Å². The highest BCUT2D eigenvalue weighted by Gasteiger charge is 2.02. The summed E-state index contributed by atoms with van der Waals surface area (Å²) in [5.74, 6) is 0. The van der Waals surface area contributed by atoms with Crippen molar-refractivity contribution in [2.75, 3.05) is 6.54 Å². The maximum absolute atomic E-state index is 5.55. The zero-order chi connectivity index (χ0) is 6.69. The molecular weight excluding hydrogens is 152 g/mol. The summed E-state index contributed by atoms with van der Waals surface area (Å²) in [6, 6.07) is 1.74. The maximum atomic E-state index is 5.55. The van der Waals surface area contributed by atoms with Crippen molar-refractivity contribution in [3.8, 4) is 0 Å². The molecule has 0 spiro atoms. The fourth-order valence-electron chi connectivity index (χ4n) is 0.622. The summed E-state index contributed by atoms with van der Waals surface area (Å²) >= 11 is 0. The zero-order valence-corrected chi connectivity index (χ0v) is 6.30. The molecule has 4 heteroatoms. The third kappa shape index (κ3) is 2.02. The highest BCUT2D eigenvalue weighted by Crippen LogP contribution is 2.07. The van der Waals surface area contributed by atoms with Crippen molar-refractivity contribution in [2.24, 2.45) is 11.5 Å². The van der Waals surface area contributed by atoms with Gasteiger partial charge in [0.1, 0.15) is 0 Å². The lowest BCUT2D eigenvalue weighted by molar-refractivity contribution is 0.559. The minimum absolute atomic E-state index is 0. The standard InChI is InChI=1S/C6H10N2O.ClH/c7-3-6(8)5-1-2-9-4-5;/h1-2,4,6H,3,7-8H2;1H/t6-;/m0./s1. The number of nitrogens with two attached hydrogens (primary N) is 2. The van der Waals surface area contributed by atoms with Crippen molar-refractivity contribution < 1.29 is 4.42 Å². The van der Waals surface area contributed by atoms with Gasteiger partial charge in [0, 0.05) is 18.2 Å². The molecule has 0 fully saturated rings. The van der Waals surface area contributed by atoms with Crippen LogP contribution in [0.1, 0.15) is 11.6 Å². The minimum Gasteiger partial charge on any atom is -0.472 e. The predicted octanol–water partition coefficient (Wildman–Crippen LogP) is 0.660. The molecule has 10 heavy (non-hydrogen) atoms. The Bertz CT molecular complexity index is 164. The molecule has 0 saturated heterocycles. The van der Waals surface area contributed by atoms with E-state index in [1.807, 2.05) is 6.07 Å². The van der Waals surface area contributed by atoms with Crippen LogP contribution in [0.2, 0.25) is 0 Å². The molecule has 0 aliphatic heterocycles. The molecule has 0 aliphatic carbocycles. The molecule has 0 aliphatic rings. The average Bonchev–Trinajstić information content (AvgIpc) is 2.37. The molecule has 0 radical (unpaired) electrons. The molecule has 1 aromatic rings. The Labute approximate surface area is 65.8 Å². The lowest BCUT2D eigenvalue weighted by atomic mass is 10.2. The lowest BCUT2D eigenvalue weighted by Gasteiger charge is -2.02. The molecule has 0 aromatic carbocycles. The summed E-state index contributed by atoms with van der Waals surface area (Å²) in [6.07, 6.45) is 3.20. The van der Waals surface area contributed by atoms with Gasteiger partial charge >= 0.3 is 0 Å². The van der Waals surface area contributed by atoms with Gasteiger partial charge in [0.05, 0.1) is 12.5 Å². The van der Waals surface area contributed by atoms with Crippen molar-refractivity contribution in [1.82, 2.24) is 0 Å². The fraction of sp³-hybridized carbons (Fsp3) is 0.333. The van der Waals surface area contributed by atoms with Gasteiger partial charge in [-0.3, -0.25) is 0 Å². The minimum atomic E-state index is -0.0799. The summed E-state index contributed by atoms with van der Waals surface area (Å²) < 4.78 is 4.80. The molecule has 3 nitrogen and oxygen atoms in total. The number of halogens is 1. The number of hydrogen-bond acceptors (Lipinski definition) is 3. The van der Waals surface area contributed by atoms with E-state index in [0.717, 1.165) is 5.56 Å². The van der Waals surface area contributed by atoms with E-state index in [-0.39, 0.29) is 18.4 Å². The van der Waals surface area contributed by atoms with Crippen LogP contribution in [0.4, 0.5) is 0 Å². The van der Waals surface area contributed by atoms with E-state index in [2.05, 4.69) is 0 Å². The van der Waals surface area contributed by atoms with E-state index in [0.29, 0.717) is 6.54 Å². The van der Waals surface area contributed by atoms with Crippen LogP contribution >= 0.6 is 12.4 Å². The Morgan fingerprint density at radius 2 is 2.30 bits per heavy atom. The Morgan fingerprint density at radius 1 is 1.60 bits per heavy atom. The molecule has 1 atom stereocenters. The molecule has 0 bridgehead atoms. The monoisotopic (exact) mass is 162 g/mol. The lowest BCUT2D eigenvalue weighted by Crippen LogP contribution is -2.19. The van der Waals surface area contributed by atoms with E-state index in [4.69, 9.17) is 15.9 Å². The normalized spacial score (nSPS) is 12.2. The van der Waals surface area contributed by atoms with E-state index in [1.165, 1.54) is 0 Å². The Hall–Kier alpha value is -0.510. The van der Waals surface area contributed by atoms with Gasteiger partial charge in [-0.15, -0.1) is 12.4 Å². The molecule has 1 heterocycles. The van der Waals surface area contributed by atoms with Gasteiger partial charge in [-0.1, -0.05) is 0 Å². The van der Waals surface area contributed by atoms with Gasteiger partial charge in [0.15, 0.2) is 0 Å². The fourth-order valence-corrected chi connectivity index (χ4v) is 0.622. The first-order chi connectivity index (χ1) is 4.34. The molecule has 4 N–H and O–H groups in total. The van der Waals surface area contributed by atoms with E-state index in [1.54, 1.807) is 12.5 Å². The summed E-state index contributed by atoms with van der Waals surface area (Å²) in [6.45, 7) is 0.458. The van der Waals surface area contributed by atoms with Crippen LogP contribution in [0, 0.1) is 0 Å². The van der Waals surface area contributed by atoms with Gasteiger partial charge < -0.3 is 15.9 Å². The molecule has 58 valence electrons. The summed E-state index contributed by atoms with van der Waals surface area (Å²) in [4.78, 5) is 0. The Morgan fingerprint density at radius 3 is 2.70 bits per heavy atom. The second-order valence-corrected chi connectivity index (χ2v) is 1.90. The van der Waals surface area contributed by atoms with Crippen molar-refractivity contribution >= 4 is 12.4 Å². The predicted molar refractivity (Wildman–Crippen MR) is 41.9 cm³/mol. The topological polar surface area (TPSA) is 65.2 Å².